The SMILES string of the molecule is O=C(CBr)Cc1cc(CCl)ccc1F. The molecule has 0 fully saturated rings. The van der Waals surface area contributed by atoms with E-state index in [2.05, 4.69) is 15.9 Å². The number of rotatable bonds is 4. The zero-order chi connectivity index (χ0) is 10.6. The van der Waals surface area contributed by atoms with Gasteiger partial charge >= 0.3 is 0 Å². The van der Waals surface area contributed by atoms with Crippen molar-refractivity contribution in [3.63, 3.8) is 0 Å². The Morgan fingerprint density at radius 3 is 2.79 bits per heavy atom. The fourth-order valence-corrected chi connectivity index (χ4v) is 1.47. The van der Waals surface area contributed by atoms with Crippen LogP contribution in [0.2, 0.25) is 0 Å². The number of alkyl halides is 2. The summed E-state index contributed by atoms with van der Waals surface area (Å²) in [6, 6.07) is 4.59. The molecule has 4 heteroatoms. The van der Waals surface area contributed by atoms with Crippen molar-refractivity contribution in [2.75, 3.05) is 5.33 Å². The first kappa shape index (κ1) is 11.7. The quantitative estimate of drug-likeness (QED) is 0.774. The summed E-state index contributed by atoms with van der Waals surface area (Å²) in [7, 11) is 0. The molecular weight excluding hydrogens is 270 g/mol. The highest BCUT2D eigenvalue weighted by Crippen LogP contribution is 2.13. The van der Waals surface area contributed by atoms with Crippen LogP contribution in [0.15, 0.2) is 18.2 Å². The summed E-state index contributed by atoms with van der Waals surface area (Å²) in [4.78, 5) is 11.1. The van der Waals surface area contributed by atoms with Crippen LogP contribution < -0.4 is 0 Å². The van der Waals surface area contributed by atoms with Crippen LogP contribution in [0.5, 0.6) is 0 Å². The van der Waals surface area contributed by atoms with Crippen molar-refractivity contribution in [1.29, 1.82) is 0 Å². The molecule has 0 aliphatic heterocycles. The van der Waals surface area contributed by atoms with Gasteiger partial charge in [0.1, 0.15) is 11.6 Å². The summed E-state index contributed by atoms with van der Waals surface area (Å²) in [5.41, 5.74) is 1.23. The van der Waals surface area contributed by atoms with E-state index >= 15 is 0 Å². The average Bonchev–Trinajstić information content (AvgIpc) is 2.21. The van der Waals surface area contributed by atoms with E-state index in [4.69, 9.17) is 11.6 Å². The fourth-order valence-electron chi connectivity index (χ4n) is 1.11. The van der Waals surface area contributed by atoms with Gasteiger partial charge in [-0.1, -0.05) is 28.1 Å². The van der Waals surface area contributed by atoms with Crippen molar-refractivity contribution in [3.8, 4) is 0 Å². The Morgan fingerprint density at radius 2 is 2.21 bits per heavy atom. The maximum absolute atomic E-state index is 13.2. The summed E-state index contributed by atoms with van der Waals surface area (Å²) >= 11 is 8.64. The van der Waals surface area contributed by atoms with E-state index in [1.165, 1.54) is 6.07 Å². The van der Waals surface area contributed by atoms with Gasteiger partial charge in [-0.2, -0.15) is 0 Å². The first-order valence-corrected chi connectivity index (χ1v) is 5.74. The Balaban J connectivity index is 2.89. The number of hydrogen-bond donors (Lipinski definition) is 0. The molecule has 0 bridgehead atoms. The predicted molar refractivity (Wildman–Crippen MR) is 58.5 cm³/mol. The molecule has 0 aliphatic carbocycles. The largest absolute Gasteiger partial charge is 0.298 e. The Morgan fingerprint density at radius 1 is 1.50 bits per heavy atom. The topological polar surface area (TPSA) is 17.1 Å². The smallest absolute Gasteiger partial charge is 0.147 e. The normalized spacial score (nSPS) is 10.2. The third-order valence-corrected chi connectivity index (χ3v) is 2.74. The van der Waals surface area contributed by atoms with Crippen LogP contribution in [0.3, 0.4) is 0 Å². The van der Waals surface area contributed by atoms with Crippen molar-refractivity contribution in [2.45, 2.75) is 12.3 Å². The van der Waals surface area contributed by atoms with Crippen LogP contribution >= 0.6 is 27.5 Å². The van der Waals surface area contributed by atoms with Crippen LogP contribution in [0.4, 0.5) is 4.39 Å². The molecule has 0 aliphatic rings. The van der Waals surface area contributed by atoms with Gasteiger partial charge in [0.2, 0.25) is 0 Å². The van der Waals surface area contributed by atoms with Gasteiger partial charge in [-0.25, -0.2) is 4.39 Å². The summed E-state index contributed by atoms with van der Waals surface area (Å²) in [6.45, 7) is 0. The maximum atomic E-state index is 13.2. The lowest BCUT2D eigenvalue weighted by molar-refractivity contribution is -0.115. The van der Waals surface area contributed by atoms with Crippen molar-refractivity contribution in [3.05, 3.63) is 35.1 Å². The van der Waals surface area contributed by atoms with Gasteiger partial charge in [-0.3, -0.25) is 4.79 Å². The molecule has 1 rings (SSSR count). The highest BCUT2D eigenvalue weighted by atomic mass is 79.9. The Hall–Kier alpha value is -0.410. The third-order valence-electron chi connectivity index (χ3n) is 1.80. The molecule has 0 spiro atoms. The van der Waals surface area contributed by atoms with E-state index in [0.29, 0.717) is 11.4 Å². The second-order valence-electron chi connectivity index (χ2n) is 2.91. The Kier molecular flexibility index (Phi) is 4.55. The monoisotopic (exact) mass is 278 g/mol. The second kappa shape index (κ2) is 5.47. The minimum atomic E-state index is -0.354. The molecule has 1 aromatic carbocycles. The summed E-state index contributed by atoms with van der Waals surface area (Å²) < 4.78 is 13.2. The van der Waals surface area contributed by atoms with E-state index in [-0.39, 0.29) is 23.4 Å². The van der Waals surface area contributed by atoms with Gasteiger partial charge < -0.3 is 0 Å². The van der Waals surface area contributed by atoms with Crippen molar-refractivity contribution >= 4 is 33.3 Å². The molecule has 14 heavy (non-hydrogen) atoms. The molecule has 0 heterocycles. The minimum Gasteiger partial charge on any atom is -0.298 e. The van der Waals surface area contributed by atoms with Crippen LogP contribution in [0.1, 0.15) is 11.1 Å². The average molecular weight is 280 g/mol. The fraction of sp³-hybridized carbons (Fsp3) is 0.300. The van der Waals surface area contributed by atoms with Crippen molar-refractivity contribution in [1.82, 2.24) is 0 Å². The van der Waals surface area contributed by atoms with Gasteiger partial charge in [0.15, 0.2) is 0 Å². The zero-order valence-electron chi connectivity index (χ0n) is 7.40. The third kappa shape index (κ3) is 3.07. The molecule has 0 atom stereocenters. The summed E-state index contributed by atoms with van der Waals surface area (Å²) in [6.07, 6.45) is 0.113. The summed E-state index contributed by atoms with van der Waals surface area (Å²) in [5, 5.41) is 0.248. The number of ketones is 1. The number of halogens is 3. The lowest BCUT2D eigenvalue weighted by atomic mass is 10.1. The van der Waals surface area contributed by atoms with Crippen LogP contribution in [-0.2, 0) is 17.1 Å². The molecule has 0 unspecified atom stereocenters. The minimum absolute atomic E-state index is 0.0457. The van der Waals surface area contributed by atoms with E-state index in [1.807, 2.05) is 0 Å². The second-order valence-corrected chi connectivity index (χ2v) is 3.74. The molecule has 1 nitrogen and oxygen atoms in total. The van der Waals surface area contributed by atoms with Crippen molar-refractivity contribution in [2.24, 2.45) is 0 Å². The summed E-state index contributed by atoms with van der Waals surface area (Å²) in [5.74, 6) is -0.0701. The maximum Gasteiger partial charge on any atom is 0.147 e. The van der Waals surface area contributed by atoms with Gasteiger partial charge in [0.05, 0.1) is 5.33 Å². The molecule has 0 saturated heterocycles. The van der Waals surface area contributed by atoms with Crippen LogP contribution in [-0.4, -0.2) is 11.1 Å². The molecule has 0 amide bonds. The Bertz CT molecular complexity index is 341. The highest BCUT2D eigenvalue weighted by Gasteiger charge is 2.07. The lowest BCUT2D eigenvalue weighted by Crippen LogP contribution is -2.05. The van der Waals surface area contributed by atoms with Gasteiger partial charge in [0, 0.05) is 12.3 Å². The van der Waals surface area contributed by atoms with E-state index < -0.39 is 0 Å². The standard InChI is InChI=1S/C10H9BrClFO/c11-5-9(14)4-8-3-7(6-12)1-2-10(8)13/h1-3H,4-6H2. The number of Topliss-reactive ketones (excluding diaryl/α,β-unsaturated/α-hetero) is 1. The van der Waals surface area contributed by atoms with Gasteiger partial charge in [-0.15, -0.1) is 11.6 Å². The zero-order valence-corrected chi connectivity index (χ0v) is 9.74. The van der Waals surface area contributed by atoms with E-state index in [1.54, 1.807) is 12.1 Å². The first-order valence-electron chi connectivity index (χ1n) is 4.08. The molecule has 1 aromatic rings. The lowest BCUT2D eigenvalue weighted by Gasteiger charge is -2.03. The highest BCUT2D eigenvalue weighted by molar-refractivity contribution is 9.09. The molecule has 0 saturated carbocycles. The van der Waals surface area contributed by atoms with Crippen LogP contribution in [0, 0.1) is 5.82 Å². The van der Waals surface area contributed by atoms with Crippen LogP contribution in [0.25, 0.3) is 0 Å². The van der Waals surface area contributed by atoms with E-state index in [0.717, 1.165) is 5.56 Å². The molecular formula is C10H9BrClFO. The van der Waals surface area contributed by atoms with Gasteiger partial charge in [0.25, 0.3) is 0 Å². The number of hydrogen-bond acceptors (Lipinski definition) is 1. The predicted octanol–water partition coefficient (Wildman–Crippen LogP) is 3.07. The first-order chi connectivity index (χ1) is 6.67. The number of carbonyl (C=O) groups is 1. The number of carbonyl (C=O) groups excluding carboxylic acids is 1. The molecule has 0 aromatic heterocycles. The van der Waals surface area contributed by atoms with E-state index in [9.17, 15) is 9.18 Å². The Labute approximate surface area is 95.4 Å². The number of benzene rings is 1. The molecule has 0 radical (unpaired) electrons. The van der Waals surface area contributed by atoms with Crippen molar-refractivity contribution < 1.29 is 9.18 Å². The molecule has 76 valence electrons. The molecule has 0 N–H and O–H groups in total. The van der Waals surface area contributed by atoms with Gasteiger partial charge in [-0.05, 0) is 17.2 Å².